The summed E-state index contributed by atoms with van der Waals surface area (Å²) in [6.45, 7) is 4.99. The Morgan fingerprint density at radius 2 is 2.06 bits per heavy atom. The smallest absolute Gasteiger partial charge is 0.217 e. The van der Waals surface area contributed by atoms with Crippen LogP contribution in [0, 0.1) is 0 Å². The Morgan fingerprint density at radius 3 is 2.67 bits per heavy atom. The summed E-state index contributed by atoms with van der Waals surface area (Å²) in [4.78, 5) is 11.0. The highest BCUT2D eigenvalue weighted by molar-refractivity contribution is 5.73. The van der Waals surface area contributed by atoms with Crippen LogP contribution in [0.2, 0.25) is 0 Å². The normalized spacial score (nSPS) is 43.1. The molecule has 0 bridgehead atoms. The van der Waals surface area contributed by atoms with Crippen LogP contribution in [0.25, 0.3) is 0 Å². The molecule has 1 amide bonds. The fraction of sp³-hybridized carbons (Fsp3) is 0.909. The molecule has 2 fully saturated rings. The topological polar surface area (TPSA) is 97.3 Å². The first kappa shape index (κ1) is 13.7. The number of ether oxygens (including phenoxy) is 3. The van der Waals surface area contributed by atoms with Crippen molar-refractivity contribution in [2.45, 2.75) is 57.2 Å². The molecule has 18 heavy (non-hydrogen) atoms. The van der Waals surface area contributed by atoms with Crippen molar-refractivity contribution in [1.29, 1.82) is 0 Å². The van der Waals surface area contributed by atoms with Gasteiger partial charge in [-0.25, -0.2) is 0 Å². The zero-order valence-corrected chi connectivity index (χ0v) is 10.6. The van der Waals surface area contributed by atoms with Gasteiger partial charge in [0.15, 0.2) is 12.1 Å². The maximum absolute atomic E-state index is 11.0. The fourth-order valence-electron chi connectivity index (χ4n) is 2.25. The highest BCUT2D eigenvalue weighted by Crippen LogP contribution is 2.31. The Kier molecular flexibility index (Phi) is 3.61. The maximum Gasteiger partial charge on any atom is 0.217 e. The van der Waals surface area contributed by atoms with Gasteiger partial charge in [0.1, 0.15) is 24.4 Å². The lowest BCUT2D eigenvalue weighted by atomic mass is 9.95. The summed E-state index contributed by atoms with van der Waals surface area (Å²) in [5.74, 6) is -1.18. The van der Waals surface area contributed by atoms with Crippen LogP contribution in [-0.4, -0.2) is 59.2 Å². The Balaban J connectivity index is 2.12. The molecule has 0 aromatic rings. The number of aliphatic hydroxyl groups is 2. The second kappa shape index (κ2) is 4.75. The summed E-state index contributed by atoms with van der Waals surface area (Å²) < 4.78 is 16.3. The Hall–Kier alpha value is -0.730. The first-order valence-corrected chi connectivity index (χ1v) is 5.90. The highest BCUT2D eigenvalue weighted by atomic mass is 16.7. The number of fused-ring (bicyclic) bond motifs is 1. The minimum atomic E-state index is -1.28. The lowest BCUT2D eigenvalue weighted by Crippen LogP contribution is -2.67. The molecule has 5 atom stereocenters. The van der Waals surface area contributed by atoms with E-state index in [1.807, 2.05) is 0 Å². The van der Waals surface area contributed by atoms with E-state index >= 15 is 0 Å². The van der Waals surface area contributed by atoms with Crippen LogP contribution in [0.3, 0.4) is 0 Å². The molecule has 0 spiro atoms. The molecule has 0 saturated carbocycles. The summed E-state index contributed by atoms with van der Waals surface area (Å²) in [7, 11) is 0. The van der Waals surface area contributed by atoms with E-state index in [1.54, 1.807) is 13.8 Å². The largest absolute Gasteiger partial charge is 0.388 e. The predicted molar refractivity (Wildman–Crippen MR) is 59.4 cm³/mol. The molecule has 2 aliphatic heterocycles. The Labute approximate surface area is 105 Å². The summed E-state index contributed by atoms with van der Waals surface area (Å²) in [5.41, 5.74) is 0. The van der Waals surface area contributed by atoms with E-state index in [1.165, 1.54) is 6.92 Å². The van der Waals surface area contributed by atoms with Gasteiger partial charge in [-0.1, -0.05) is 0 Å². The van der Waals surface area contributed by atoms with Crippen molar-refractivity contribution >= 4 is 5.91 Å². The maximum atomic E-state index is 11.0. The van der Waals surface area contributed by atoms with Gasteiger partial charge in [-0.15, -0.1) is 0 Å². The van der Waals surface area contributed by atoms with Crippen molar-refractivity contribution in [3.05, 3.63) is 0 Å². The van der Waals surface area contributed by atoms with Crippen LogP contribution in [0.15, 0.2) is 0 Å². The van der Waals surface area contributed by atoms with Crippen molar-refractivity contribution in [3.63, 3.8) is 0 Å². The molecule has 104 valence electrons. The molecule has 0 aromatic carbocycles. The molecule has 2 aliphatic rings. The van der Waals surface area contributed by atoms with Crippen LogP contribution >= 0.6 is 0 Å². The van der Waals surface area contributed by atoms with Crippen molar-refractivity contribution in [3.8, 4) is 0 Å². The average molecular weight is 261 g/mol. The van der Waals surface area contributed by atoms with E-state index in [0.717, 1.165) is 0 Å². The summed E-state index contributed by atoms with van der Waals surface area (Å²) in [6.07, 6.45) is -3.52. The van der Waals surface area contributed by atoms with E-state index < -0.39 is 36.4 Å². The van der Waals surface area contributed by atoms with Crippen molar-refractivity contribution in [2.24, 2.45) is 0 Å². The molecule has 2 rings (SSSR count). The minimum absolute atomic E-state index is 0.221. The number of aliphatic hydroxyl groups excluding tert-OH is 2. The second-order valence-electron chi connectivity index (χ2n) is 5.08. The zero-order chi connectivity index (χ0) is 13.5. The van der Waals surface area contributed by atoms with Crippen LogP contribution in [0.4, 0.5) is 0 Å². The molecule has 0 aliphatic carbocycles. The van der Waals surface area contributed by atoms with Crippen LogP contribution in [-0.2, 0) is 19.0 Å². The van der Waals surface area contributed by atoms with Crippen LogP contribution < -0.4 is 5.32 Å². The number of carbonyl (C=O) groups is 1. The molecular weight excluding hydrogens is 242 g/mol. The number of rotatable bonds is 1. The standard InChI is InChI=1S/C11H19NO6/c1-5(13)12-7-8(14)9-6(17-10(7)15)4-16-11(2,3)18-9/h6-10,14-15H,4H2,1-3H3,(H,12,13)/t6?,7?,8-,9-,10?/m1/s1. The van der Waals surface area contributed by atoms with Gasteiger partial charge in [-0.3, -0.25) is 4.79 Å². The van der Waals surface area contributed by atoms with Gasteiger partial charge in [-0.05, 0) is 13.8 Å². The molecule has 3 unspecified atom stereocenters. The SMILES string of the molecule is CC(=O)NC1C(O)OC2COC(C)(C)O[C@H]2[C@@H]1O. The van der Waals surface area contributed by atoms with E-state index in [4.69, 9.17) is 14.2 Å². The Bertz CT molecular complexity index is 333. The fourth-order valence-corrected chi connectivity index (χ4v) is 2.25. The highest BCUT2D eigenvalue weighted by Gasteiger charge is 2.50. The molecule has 0 radical (unpaired) electrons. The van der Waals surface area contributed by atoms with Gasteiger partial charge in [0.25, 0.3) is 0 Å². The van der Waals surface area contributed by atoms with Crippen LogP contribution in [0.1, 0.15) is 20.8 Å². The average Bonchev–Trinajstić information content (AvgIpc) is 2.25. The summed E-state index contributed by atoms with van der Waals surface area (Å²) >= 11 is 0. The van der Waals surface area contributed by atoms with Crippen LogP contribution in [0.5, 0.6) is 0 Å². The summed E-state index contributed by atoms with van der Waals surface area (Å²) in [5, 5.41) is 22.4. The molecule has 2 saturated heterocycles. The molecular formula is C11H19NO6. The first-order chi connectivity index (χ1) is 8.30. The van der Waals surface area contributed by atoms with Gasteiger partial charge in [0.2, 0.25) is 5.91 Å². The quantitative estimate of drug-likeness (QED) is 0.544. The van der Waals surface area contributed by atoms with Crippen molar-refractivity contribution in [1.82, 2.24) is 5.32 Å². The number of hydrogen-bond acceptors (Lipinski definition) is 6. The summed E-state index contributed by atoms with van der Waals surface area (Å²) in [6, 6.07) is -0.905. The molecule has 0 aromatic heterocycles. The third kappa shape index (κ3) is 2.65. The van der Waals surface area contributed by atoms with Gasteiger partial charge < -0.3 is 29.7 Å². The molecule has 2 heterocycles. The van der Waals surface area contributed by atoms with E-state index in [-0.39, 0.29) is 12.5 Å². The Morgan fingerprint density at radius 1 is 1.39 bits per heavy atom. The third-order valence-corrected chi connectivity index (χ3v) is 3.08. The molecule has 7 nitrogen and oxygen atoms in total. The predicted octanol–water partition coefficient (Wildman–Crippen LogP) is -1.28. The first-order valence-electron chi connectivity index (χ1n) is 5.90. The van der Waals surface area contributed by atoms with E-state index in [9.17, 15) is 15.0 Å². The minimum Gasteiger partial charge on any atom is -0.388 e. The van der Waals surface area contributed by atoms with Gasteiger partial charge in [-0.2, -0.15) is 0 Å². The molecule has 7 heteroatoms. The lowest BCUT2D eigenvalue weighted by Gasteiger charge is -2.48. The van der Waals surface area contributed by atoms with Crippen molar-refractivity contribution < 1.29 is 29.2 Å². The van der Waals surface area contributed by atoms with Crippen molar-refractivity contribution in [2.75, 3.05) is 6.61 Å². The number of carbonyl (C=O) groups excluding carboxylic acids is 1. The lowest BCUT2D eigenvalue weighted by molar-refractivity contribution is -0.364. The number of nitrogens with one attached hydrogen (secondary N) is 1. The monoisotopic (exact) mass is 261 g/mol. The van der Waals surface area contributed by atoms with E-state index in [2.05, 4.69) is 5.32 Å². The number of hydrogen-bond donors (Lipinski definition) is 3. The molecule has 3 N–H and O–H groups in total. The van der Waals surface area contributed by atoms with Gasteiger partial charge in [0, 0.05) is 6.92 Å². The third-order valence-electron chi connectivity index (χ3n) is 3.08. The van der Waals surface area contributed by atoms with E-state index in [0.29, 0.717) is 0 Å². The second-order valence-corrected chi connectivity index (χ2v) is 5.08. The van der Waals surface area contributed by atoms with Gasteiger partial charge >= 0.3 is 0 Å². The zero-order valence-electron chi connectivity index (χ0n) is 10.6. The van der Waals surface area contributed by atoms with Gasteiger partial charge in [0.05, 0.1) is 6.61 Å². The number of amides is 1.